The first kappa shape index (κ1) is 28.2. The van der Waals surface area contributed by atoms with Crippen LogP contribution >= 0.6 is 23.8 Å². The Labute approximate surface area is 245 Å². The second kappa shape index (κ2) is 12.1. The van der Waals surface area contributed by atoms with E-state index in [2.05, 4.69) is 36.1 Å². The minimum Gasteiger partial charge on any atom is -0.342 e. The standard InChI is InChI=1S/C29H25ClFN7O2S/c1-16-5-3-7-22(34-29(40)27-17(2)38(37-36-27)25-8-4-6-21(30)26(25)31)24-13-18(11-12-32-24)20-10-9-19(33-15-41)14-23(20)35-28(16)39/h4,6,8-14,16,22H,3,5,7H2,1-2H3,(H,34,40)(H,35,39)/t16-,22+/m1/s1. The van der Waals surface area contributed by atoms with Crippen molar-refractivity contribution in [1.82, 2.24) is 25.3 Å². The number of hydrogen-bond acceptors (Lipinski definition) is 7. The third-order valence-corrected chi connectivity index (χ3v) is 7.42. The maximum atomic E-state index is 14.6. The molecule has 0 unspecified atom stereocenters. The monoisotopic (exact) mass is 589 g/mol. The topological polar surface area (TPSA) is 114 Å². The summed E-state index contributed by atoms with van der Waals surface area (Å²) < 4.78 is 15.9. The van der Waals surface area contributed by atoms with Crippen molar-refractivity contribution in [2.24, 2.45) is 10.9 Å². The molecule has 0 radical (unpaired) electrons. The predicted octanol–water partition coefficient (Wildman–Crippen LogP) is 6.39. The largest absolute Gasteiger partial charge is 0.342 e. The summed E-state index contributed by atoms with van der Waals surface area (Å²) >= 11 is 10.7. The number of nitrogens with one attached hydrogen (secondary N) is 2. The number of amides is 2. The van der Waals surface area contributed by atoms with Gasteiger partial charge in [-0.05, 0) is 73.9 Å². The van der Waals surface area contributed by atoms with E-state index >= 15 is 0 Å². The zero-order chi connectivity index (χ0) is 29.1. The summed E-state index contributed by atoms with van der Waals surface area (Å²) in [6.07, 6.45) is 3.43. The summed E-state index contributed by atoms with van der Waals surface area (Å²) in [6.45, 7) is 3.50. The lowest BCUT2D eigenvalue weighted by Crippen LogP contribution is -2.30. The van der Waals surface area contributed by atoms with Gasteiger partial charge in [0, 0.05) is 17.7 Å². The molecule has 2 atom stereocenters. The first-order chi connectivity index (χ1) is 19.8. The van der Waals surface area contributed by atoms with E-state index in [1.54, 1.807) is 31.3 Å². The lowest BCUT2D eigenvalue weighted by Gasteiger charge is -2.22. The summed E-state index contributed by atoms with van der Waals surface area (Å²) in [5.41, 5.74) is 3.87. The minimum atomic E-state index is -0.658. The second-order valence-corrected chi connectivity index (χ2v) is 10.3. The molecule has 1 aliphatic rings. The molecule has 0 saturated carbocycles. The Bertz CT molecular complexity index is 1700. The Hall–Kier alpha value is -4.31. The van der Waals surface area contributed by atoms with Crippen LogP contribution in [0.25, 0.3) is 16.8 Å². The van der Waals surface area contributed by atoms with Gasteiger partial charge < -0.3 is 10.6 Å². The van der Waals surface area contributed by atoms with E-state index in [0.717, 1.165) is 11.1 Å². The highest BCUT2D eigenvalue weighted by Gasteiger charge is 2.25. The Morgan fingerprint density at radius 1 is 1.24 bits per heavy atom. The third-order valence-electron chi connectivity index (χ3n) is 7.04. The van der Waals surface area contributed by atoms with Gasteiger partial charge in [-0.1, -0.05) is 42.3 Å². The van der Waals surface area contributed by atoms with Crippen LogP contribution in [0, 0.1) is 18.7 Å². The number of nitrogens with zero attached hydrogens (tertiary/aromatic N) is 5. The van der Waals surface area contributed by atoms with Crippen LogP contribution in [0.3, 0.4) is 0 Å². The number of pyridine rings is 1. The van der Waals surface area contributed by atoms with E-state index in [-0.39, 0.29) is 28.2 Å². The van der Waals surface area contributed by atoms with E-state index in [9.17, 15) is 14.0 Å². The quantitative estimate of drug-likeness (QED) is 0.210. The highest BCUT2D eigenvalue weighted by Crippen LogP contribution is 2.34. The zero-order valence-corrected chi connectivity index (χ0v) is 23.8. The number of isothiocyanates is 1. The summed E-state index contributed by atoms with van der Waals surface area (Å²) in [6, 6.07) is 13.2. The maximum absolute atomic E-state index is 14.6. The number of hydrogen-bond donors (Lipinski definition) is 2. The number of carbonyl (C=O) groups is 2. The predicted molar refractivity (Wildman–Crippen MR) is 157 cm³/mol. The molecule has 12 heteroatoms. The molecule has 2 N–H and O–H groups in total. The van der Waals surface area contributed by atoms with Gasteiger partial charge in [0.15, 0.2) is 11.5 Å². The van der Waals surface area contributed by atoms with E-state index in [4.69, 9.17) is 23.8 Å². The molecule has 2 bridgehead atoms. The van der Waals surface area contributed by atoms with Gasteiger partial charge in [-0.3, -0.25) is 14.6 Å². The molecule has 3 heterocycles. The lowest BCUT2D eigenvalue weighted by atomic mass is 9.95. The zero-order valence-electron chi connectivity index (χ0n) is 22.2. The molecular formula is C29H25ClFN7O2S. The highest BCUT2D eigenvalue weighted by atomic mass is 35.5. The van der Waals surface area contributed by atoms with Crippen LogP contribution in [0.4, 0.5) is 15.8 Å². The molecular weight excluding hydrogens is 565 g/mol. The van der Waals surface area contributed by atoms with Crippen molar-refractivity contribution in [1.29, 1.82) is 0 Å². The number of benzene rings is 2. The SMILES string of the molecule is Cc1c(C(=O)N[C@H]2CCC[C@@H](C)C(=O)Nc3cc(N=C=S)ccc3-c3ccnc2c3)nnn1-c1cccc(Cl)c1F. The number of thiocarbonyl (C=S) groups is 1. The van der Waals surface area contributed by atoms with Crippen molar-refractivity contribution < 1.29 is 14.0 Å². The Balaban J connectivity index is 1.50. The molecule has 2 amide bonds. The number of aromatic nitrogens is 4. The van der Waals surface area contributed by atoms with Crippen LogP contribution in [0.5, 0.6) is 0 Å². The van der Waals surface area contributed by atoms with Crippen molar-refractivity contribution in [3.05, 3.63) is 82.6 Å². The summed E-state index contributed by atoms with van der Waals surface area (Å²) in [5.74, 6) is -1.54. The summed E-state index contributed by atoms with van der Waals surface area (Å²) in [4.78, 5) is 35.1. The van der Waals surface area contributed by atoms with Crippen molar-refractivity contribution >= 4 is 52.2 Å². The molecule has 0 aliphatic carbocycles. The number of anilines is 1. The van der Waals surface area contributed by atoms with E-state index in [0.29, 0.717) is 42.0 Å². The molecule has 4 aromatic rings. The third kappa shape index (κ3) is 5.92. The number of halogens is 2. The Morgan fingerprint density at radius 3 is 2.88 bits per heavy atom. The smallest absolute Gasteiger partial charge is 0.274 e. The van der Waals surface area contributed by atoms with Gasteiger partial charge >= 0.3 is 0 Å². The van der Waals surface area contributed by atoms with Crippen LogP contribution in [-0.4, -0.2) is 37.0 Å². The van der Waals surface area contributed by atoms with Gasteiger partial charge in [-0.15, -0.1) is 5.10 Å². The number of aliphatic imine (C=N–C) groups is 1. The van der Waals surface area contributed by atoms with Gasteiger partial charge in [-0.2, -0.15) is 4.99 Å². The molecule has 0 fully saturated rings. The molecule has 2 aromatic heterocycles. The Kier molecular flexibility index (Phi) is 8.30. The molecule has 2 aromatic carbocycles. The molecule has 0 spiro atoms. The fourth-order valence-electron chi connectivity index (χ4n) is 4.78. The molecule has 9 nitrogen and oxygen atoms in total. The molecule has 41 heavy (non-hydrogen) atoms. The minimum absolute atomic E-state index is 0.0522. The molecule has 208 valence electrons. The molecule has 0 saturated heterocycles. The number of rotatable bonds is 4. The first-order valence-electron chi connectivity index (χ1n) is 12.9. The Morgan fingerprint density at radius 2 is 2.07 bits per heavy atom. The van der Waals surface area contributed by atoms with Crippen LogP contribution < -0.4 is 10.6 Å². The maximum Gasteiger partial charge on any atom is 0.274 e. The summed E-state index contributed by atoms with van der Waals surface area (Å²) in [5, 5.41) is 16.4. The fraction of sp³-hybridized carbons (Fsp3) is 0.241. The van der Waals surface area contributed by atoms with E-state index in [1.807, 2.05) is 25.1 Å². The van der Waals surface area contributed by atoms with Crippen LogP contribution in [0.1, 0.15) is 54.1 Å². The van der Waals surface area contributed by atoms with Crippen molar-refractivity contribution in [2.75, 3.05) is 5.32 Å². The average molecular weight is 590 g/mol. The van der Waals surface area contributed by atoms with Crippen LogP contribution in [0.2, 0.25) is 5.02 Å². The summed E-state index contributed by atoms with van der Waals surface area (Å²) in [7, 11) is 0. The normalized spacial score (nSPS) is 16.8. The van der Waals surface area contributed by atoms with Gasteiger partial charge in [0.1, 0.15) is 5.69 Å². The van der Waals surface area contributed by atoms with Crippen LogP contribution in [-0.2, 0) is 4.79 Å². The molecule has 5 rings (SSSR count). The van der Waals surface area contributed by atoms with Crippen molar-refractivity contribution in [3.63, 3.8) is 0 Å². The average Bonchev–Trinajstić information content (AvgIpc) is 3.34. The van der Waals surface area contributed by atoms with Crippen molar-refractivity contribution in [2.45, 2.75) is 39.2 Å². The second-order valence-electron chi connectivity index (χ2n) is 9.76. The van der Waals surface area contributed by atoms with Crippen molar-refractivity contribution in [3.8, 4) is 16.8 Å². The van der Waals surface area contributed by atoms with Gasteiger partial charge in [0.05, 0.1) is 39.0 Å². The van der Waals surface area contributed by atoms with Gasteiger partial charge in [0.2, 0.25) is 5.91 Å². The van der Waals surface area contributed by atoms with Gasteiger partial charge in [0.25, 0.3) is 5.91 Å². The highest BCUT2D eigenvalue weighted by molar-refractivity contribution is 7.78. The van der Waals surface area contributed by atoms with E-state index < -0.39 is 17.8 Å². The molecule has 1 aliphatic heterocycles. The first-order valence-corrected chi connectivity index (χ1v) is 13.7. The van der Waals surface area contributed by atoms with Crippen LogP contribution in [0.15, 0.2) is 59.7 Å². The lowest BCUT2D eigenvalue weighted by molar-refractivity contribution is -0.119. The number of carbonyl (C=O) groups excluding carboxylic acids is 2. The number of fused-ring (bicyclic) bond motifs is 4. The van der Waals surface area contributed by atoms with Gasteiger partial charge in [-0.25, -0.2) is 9.07 Å². The fourth-order valence-corrected chi connectivity index (χ4v) is 5.05. The van der Waals surface area contributed by atoms with E-state index in [1.165, 1.54) is 16.8 Å².